The molecule has 0 saturated heterocycles. The van der Waals surface area contributed by atoms with E-state index in [4.69, 9.17) is 0 Å². The number of aryl methyl sites for hydroxylation is 1. The Morgan fingerprint density at radius 3 is 2.03 bits per heavy atom. The van der Waals surface area contributed by atoms with Crippen molar-refractivity contribution >= 4 is 17.8 Å². The number of rotatable bonds is 7. The van der Waals surface area contributed by atoms with Crippen LogP contribution in [0.4, 0.5) is 0 Å². The smallest absolute Gasteiger partial charge is 0.337 e. The van der Waals surface area contributed by atoms with Gasteiger partial charge in [-0.15, -0.1) is 0 Å². The molecule has 0 unspecified atom stereocenters. The molecule has 8 heteroatoms. The number of carbonyl (C=O) groups excluding carboxylic acids is 3. The van der Waals surface area contributed by atoms with Gasteiger partial charge in [0.15, 0.2) is 0 Å². The molecule has 0 fully saturated rings. The highest BCUT2D eigenvalue weighted by molar-refractivity contribution is 5.97. The normalized spacial score (nSPS) is 10.3. The van der Waals surface area contributed by atoms with Gasteiger partial charge in [-0.25, -0.2) is 14.8 Å². The Labute approximate surface area is 179 Å². The van der Waals surface area contributed by atoms with Crippen molar-refractivity contribution in [1.82, 2.24) is 20.6 Å². The van der Waals surface area contributed by atoms with Gasteiger partial charge in [0.05, 0.1) is 12.7 Å². The minimum atomic E-state index is -0.438. The number of hydrogen-bond donors (Lipinski definition) is 2. The van der Waals surface area contributed by atoms with Gasteiger partial charge in [-0.05, 0) is 30.2 Å². The van der Waals surface area contributed by atoms with Crippen molar-refractivity contribution in [3.8, 4) is 0 Å². The minimum Gasteiger partial charge on any atom is -0.465 e. The summed E-state index contributed by atoms with van der Waals surface area (Å²) < 4.78 is 4.65. The average molecular weight is 418 g/mol. The third-order valence-corrected chi connectivity index (χ3v) is 4.50. The number of ether oxygens (including phenoxy) is 1. The molecule has 0 radical (unpaired) electrons. The van der Waals surface area contributed by atoms with Crippen LogP contribution in [-0.4, -0.2) is 34.9 Å². The van der Waals surface area contributed by atoms with Crippen molar-refractivity contribution in [3.05, 3.63) is 94.6 Å². The maximum Gasteiger partial charge on any atom is 0.337 e. The fourth-order valence-electron chi connectivity index (χ4n) is 2.85. The van der Waals surface area contributed by atoms with E-state index in [9.17, 15) is 14.4 Å². The van der Waals surface area contributed by atoms with Gasteiger partial charge in [0, 0.05) is 19.2 Å². The third-order valence-electron chi connectivity index (χ3n) is 4.50. The van der Waals surface area contributed by atoms with Crippen LogP contribution in [0.1, 0.15) is 48.0 Å². The predicted octanol–water partition coefficient (Wildman–Crippen LogP) is 2.43. The van der Waals surface area contributed by atoms with E-state index in [1.807, 2.05) is 31.2 Å². The molecule has 0 saturated carbocycles. The Hall–Kier alpha value is -4.07. The summed E-state index contributed by atoms with van der Waals surface area (Å²) in [5.41, 5.74) is 3.49. The SMILES string of the molecule is COC(=O)c1ccc(CNC(=O)c2cc(C(=O)NCc3cccc(C)c3)ncn2)cc1. The highest BCUT2D eigenvalue weighted by Crippen LogP contribution is 2.07. The lowest BCUT2D eigenvalue weighted by molar-refractivity contribution is 0.0600. The van der Waals surface area contributed by atoms with Crippen LogP contribution in [0.15, 0.2) is 60.9 Å². The molecule has 1 heterocycles. The number of aromatic nitrogens is 2. The molecule has 0 aliphatic heterocycles. The number of methoxy groups -OCH3 is 1. The second kappa shape index (κ2) is 10.1. The maximum absolute atomic E-state index is 12.4. The summed E-state index contributed by atoms with van der Waals surface area (Å²) in [7, 11) is 1.31. The lowest BCUT2D eigenvalue weighted by atomic mass is 10.1. The highest BCUT2D eigenvalue weighted by Gasteiger charge is 2.13. The van der Waals surface area contributed by atoms with Crippen LogP contribution < -0.4 is 10.6 Å². The zero-order valence-corrected chi connectivity index (χ0v) is 17.2. The second-order valence-electron chi connectivity index (χ2n) is 6.83. The maximum atomic E-state index is 12.4. The van der Waals surface area contributed by atoms with Crippen LogP contribution >= 0.6 is 0 Å². The van der Waals surface area contributed by atoms with Crippen LogP contribution in [0.5, 0.6) is 0 Å². The number of amides is 2. The van der Waals surface area contributed by atoms with Gasteiger partial charge >= 0.3 is 5.97 Å². The van der Waals surface area contributed by atoms with Crippen molar-refractivity contribution in [2.24, 2.45) is 0 Å². The average Bonchev–Trinajstić information content (AvgIpc) is 2.81. The fourth-order valence-corrected chi connectivity index (χ4v) is 2.85. The van der Waals surface area contributed by atoms with Gasteiger partial charge in [0.2, 0.25) is 0 Å². The molecule has 1 aromatic heterocycles. The topological polar surface area (TPSA) is 110 Å². The first-order valence-corrected chi connectivity index (χ1v) is 9.57. The molecule has 0 bridgehead atoms. The third kappa shape index (κ3) is 5.96. The molecule has 0 atom stereocenters. The van der Waals surface area contributed by atoms with Gasteiger partial charge in [-0.1, -0.05) is 42.0 Å². The zero-order valence-electron chi connectivity index (χ0n) is 17.2. The predicted molar refractivity (Wildman–Crippen MR) is 113 cm³/mol. The van der Waals surface area contributed by atoms with Crippen molar-refractivity contribution < 1.29 is 19.1 Å². The van der Waals surface area contributed by atoms with Crippen molar-refractivity contribution in [2.75, 3.05) is 7.11 Å². The Morgan fingerprint density at radius 2 is 1.45 bits per heavy atom. The molecular formula is C23H22N4O4. The monoisotopic (exact) mass is 418 g/mol. The first kappa shape index (κ1) is 21.6. The molecule has 8 nitrogen and oxygen atoms in total. The van der Waals surface area contributed by atoms with Crippen LogP contribution in [0.25, 0.3) is 0 Å². The van der Waals surface area contributed by atoms with E-state index in [-0.39, 0.29) is 17.9 Å². The van der Waals surface area contributed by atoms with Gasteiger partial charge < -0.3 is 15.4 Å². The van der Waals surface area contributed by atoms with Crippen LogP contribution in [0.2, 0.25) is 0 Å². The van der Waals surface area contributed by atoms with E-state index in [0.717, 1.165) is 16.7 Å². The van der Waals surface area contributed by atoms with E-state index in [1.54, 1.807) is 24.3 Å². The van der Waals surface area contributed by atoms with Crippen molar-refractivity contribution in [1.29, 1.82) is 0 Å². The molecule has 3 aromatic rings. The van der Waals surface area contributed by atoms with Gasteiger partial charge in [-0.2, -0.15) is 0 Å². The molecule has 2 N–H and O–H groups in total. The largest absolute Gasteiger partial charge is 0.465 e. The minimum absolute atomic E-state index is 0.0851. The summed E-state index contributed by atoms with van der Waals surface area (Å²) in [5, 5.41) is 5.52. The zero-order chi connectivity index (χ0) is 22.2. The lowest BCUT2D eigenvalue weighted by Crippen LogP contribution is -2.27. The second-order valence-corrected chi connectivity index (χ2v) is 6.83. The number of carbonyl (C=O) groups is 3. The molecule has 2 aromatic carbocycles. The van der Waals surface area contributed by atoms with E-state index in [2.05, 4.69) is 25.3 Å². The summed E-state index contributed by atoms with van der Waals surface area (Å²) >= 11 is 0. The fraction of sp³-hybridized carbons (Fsp3) is 0.174. The molecule has 0 aliphatic rings. The molecule has 0 spiro atoms. The van der Waals surface area contributed by atoms with Gasteiger partial charge in [0.25, 0.3) is 11.8 Å². The number of benzene rings is 2. The van der Waals surface area contributed by atoms with Gasteiger partial charge in [-0.3, -0.25) is 9.59 Å². The Balaban J connectivity index is 1.57. The molecule has 158 valence electrons. The quantitative estimate of drug-likeness (QED) is 0.570. The lowest BCUT2D eigenvalue weighted by Gasteiger charge is -2.08. The van der Waals surface area contributed by atoms with Crippen LogP contribution in [0.3, 0.4) is 0 Å². The van der Waals surface area contributed by atoms with Crippen molar-refractivity contribution in [2.45, 2.75) is 20.0 Å². The molecule has 2 amide bonds. The van der Waals surface area contributed by atoms with Crippen LogP contribution in [0, 0.1) is 6.92 Å². The molecule has 0 aliphatic carbocycles. The van der Waals surface area contributed by atoms with Gasteiger partial charge in [0.1, 0.15) is 17.7 Å². The molecule has 3 rings (SSSR count). The molecular weight excluding hydrogens is 396 g/mol. The number of esters is 1. The van der Waals surface area contributed by atoms with E-state index in [1.165, 1.54) is 19.5 Å². The Morgan fingerprint density at radius 1 is 0.839 bits per heavy atom. The Kier molecular flexibility index (Phi) is 7.05. The van der Waals surface area contributed by atoms with E-state index in [0.29, 0.717) is 12.1 Å². The number of hydrogen-bond acceptors (Lipinski definition) is 6. The first-order chi connectivity index (χ1) is 15.0. The number of nitrogens with one attached hydrogen (secondary N) is 2. The van der Waals surface area contributed by atoms with E-state index >= 15 is 0 Å². The summed E-state index contributed by atoms with van der Waals surface area (Å²) in [5.74, 6) is -1.26. The highest BCUT2D eigenvalue weighted by atomic mass is 16.5. The van der Waals surface area contributed by atoms with Crippen molar-refractivity contribution in [3.63, 3.8) is 0 Å². The van der Waals surface area contributed by atoms with Crippen LogP contribution in [-0.2, 0) is 17.8 Å². The first-order valence-electron chi connectivity index (χ1n) is 9.57. The number of nitrogens with zero attached hydrogens (tertiary/aromatic N) is 2. The standard InChI is InChI=1S/C23H22N4O4/c1-15-4-3-5-17(10-15)13-25-22(29)20-11-19(26-14-27-20)21(28)24-12-16-6-8-18(9-7-16)23(30)31-2/h3-11,14H,12-13H2,1-2H3,(H,24,28)(H,25,29). The van der Waals surface area contributed by atoms with E-state index < -0.39 is 17.8 Å². The summed E-state index contributed by atoms with van der Waals surface area (Å²) in [6.45, 7) is 2.57. The summed E-state index contributed by atoms with van der Waals surface area (Å²) in [6.07, 6.45) is 1.18. The molecule has 31 heavy (non-hydrogen) atoms. The Bertz CT molecular complexity index is 1100. The summed E-state index contributed by atoms with van der Waals surface area (Å²) in [6, 6.07) is 15.8. The summed E-state index contributed by atoms with van der Waals surface area (Å²) in [4.78, 5) is 44.2.